The molecule has 0 saturated carbocycles. The topological polar surface area (TPSA) is 90.1 Å². The van der Waals surface area contributed by atoms with Gasteiger partial charge in [-0.05, 0) is 36.5 Å². The third-order valence-corrected chi connectivity index (χ3v) is 1.88. The Morgan fingerprint density at radius 2 is 1.87 bits per heavy atom. The molecule has 0 bridgehead atoms. The van der Waals surface area contributed by atoms with Crippen molar-refractivity contribution in [2.75, 3.05) is 5.32 Å². The van der Waals surface area contributed by atoms with Crippen molar-refractivity contribution in [3.05, 3.63) is 29.3 Å². The molecule has 0 aliphatic heterocycles. The lowest BCUT2D eigenvalue weighted by Gasteiger charge is -2.05. The molecule has 0 amide bonds. The van der Waals surface area contributed by atoms with Crippen LogP contribution in [-0.4, -0.2) is 11.1 Å². The molecule has 0 atom stereocenters. The number of hydrazone groups is 1. The van der Waals surface area contributed by atoms with Gasteiger partial charge in [-0.25, -0.2) is 5.43 Å². The lowest BCUT2D eigenvalue weighted by Crippen LogP contribution is -2.88. The van der Waals surface area contributed by atoms with E-state index in [0.29, 0.717) is 10.1 Å². The fraction of sp³-hybridized carbons (Fsp3) is 0. The lowest BCUT2D eigenvalue weighted by atomic mass is 10.3. The molecule has 0 aromatic heterocycles. The van der Waals surface area contributed by atoms with E-state index >= 15 is 0 Å². The molecule has 1 rings (SSSR count). The molecule has 5 nitrogen and oxygen atoms in total. The van der Waals surface area contributed by atoms with Gasteiger partial charge in [0.2, 0.25) is 5.11 Å². The molecule has 1 aromatic carbocycles. The molecular formula is C8H11ClN5S+. The maximum Gasteiger partial charge on any atom is 0.360 e. The van der Waals surface area contributed by atoms with Crippen molar-refractivity contribution >= 4 is 40.6 Å². The molecule has 0 heterocycles. The molecule has 80 valence electrons. The Morgan fingerprint density at radius 1 is 1.27 bits per heavy atom. The lowest BCUT2D eigenvalue weighted by molar-refractivity contribution is -0.506. The number of nitrogens with one attached hydrogen (secondary N) is 3. The van der Waals surface area contributed by atoms with Crippen molar-refractivity contribution in [1.82, 2.24) is 5.43 Å². The zero-order chi connectivity index (χ0) is 11.3. The van der Waals surface area contributed by atoms with Gasteiger partial charge in [0.1, 0.15) is 0 Å². The fourth-order valence-corrected chi connectivity index (χ4v) is 1.12. The van der Waals surface area contributed by atoms with E-state index in [9.17, 15) is 0 Å². The van der Waals surface area contributed by atoms with E-state index < -0.39 is 0 Å². The molecule has 0 saturated heterocycles. The molecule has 1 aromatic rings. The Morgan fingerprint density at radius 3 is 2.40 bits per heavy atom. The van der Waals surface area contributed by atoms with Crippen LogP contribution >= 0.6 is 23.8 Å². The summed E-state index contributed by atoms with van der Waals surface area (Å²) in [6.07, 6.45) is 0. The molecule has 0 spiro atoms. The maximum absolute atomic E-state index is 5.73. The second-order valence-corrected chi connectivity index (χ2v) is 3.51. The first kappa shape index (κ1) is 11.5. The average molecular weight is 245 g/mol. The van der Waals surface area contributed by atoms with Gasteiger partial charge in [0.25, 0.3) is 0 Å². The Hall–Kier alpha value is -1.53. The normalized spacial score (nSPS) is 9.13. The standard InChI is InChI=1S/C8H10ClN5S/c9-5-1-3-6(4-2-5)12-8(15)14-13-7(10)11/h1-4H,(H4,10,11,13)(H2,12,14,15)/p+1. The number of nitrogens with two attached hydrogens (primary N) is 2. The predicted octanol–water partition coefficient (Wildman–Crippen LogP) is -1.10. The first-order valence-electron chi connectivity index (χ1n) is 4.04. The smallest absolute Gasteiger partial charge is 0.331 e. The van der Waals surface area contributed by atoms with Crippen LogP contribution in [0.25, 0.3) is 0 Å². The zero-order valence-electron chi connectivity index (χ0n) is 7.75. The molecule has 0 unspecified atom stereocenters. The van der Waals surface area contributed by atoms with Crippen molar-refractivity contribution in [2.45, 2.75) is 0 Å². The van der Waals surface area contributed by atoms with E-state index in [1.54, 1.807) is 24.3 Å². The summed E-state index contributed by atoms with van der Waals surface area (Å²) < 4.78 is 0. The van der Waals surface area contributed by atoms with Crippen molar-refractivity contribution in [3.8, 4) is 0 Å². The van der Waals surface area contributed by atoms with E-state index in [-0.39, 0.29) is 5.96 Å². The maximum atomic E-state index is 5.73. The summed E-state index contributed by atoms with van der Waals surface area (Å²) in [6, 6.07) is 7.10. The molecule has 15 heavy (non-hydrogen) atoms. The number of hydrogen-bond donors (Lipinski definition) is 5. The van der Waals surface area contributed by atoms with E-state index in [4.69, 9.17) is 35.3 Å². The number of halogens is 1. The van der Waals surface area contributed by atoms with Gasteiger partial charge in [-0.2, -0.15) is 5.10 Å². The van der Waals surface area contributed by atoms with Crippen molar-refractivity contribution in [1.29, 1.82) is 0 Å². The van der Waals surface area contributed by atoms with Gasteiger partial charge in [0, 0.05) is 10.7 Å². The molecule has 7 N–H and O–H groups in total. The largest absolute Gasteiger partial charge is 0.360 e. The van der Waals surface area contributed by atoms with Crippen LogP contribution in [0.4, 0.5) is 5.69 Å². The SMILES string of the molecule is NC(N)=[NH+]NC(=S)Nc1ccc(Cl)cc1. The van der Waals surface area contributed by atoms with E-state index in [1.807, 2.05) is 0 Å². The van der Waals surface area contributed by atoms with Crippen molar-refractivity contribution < 1.29 is 5.10 Å². The van der Waals surface area contributed by atoms with Crippen LogP contribution in [0.15, 0.2) is 24.3 Å². The van der Waals surface area contributed by atoms with Crippen LogP contribution in [-0.2, 0) is 0 Å². The summed E-state index contributed by atoms with van der Waals surface area (Å²) >= 11 is 10.7. The van der Waals surface area contributed by atoms with E-state index in [0.717, 1.165) is 5.69 Å². The van der Waals surface area contributed by atoms with Gasteiger partial charge in [0.15, 0.2) is 0 Å². The van der Waals surface area contributed by atoms with Crippen LogP contribution < -0.4 is 27.3 Å². The highest BCUT2D eigenvalue weighted by Crippen LogP contribution is 2.12. The summed E-state index contributed by atoms with van der Waals surface area (Å²) in [6.45, 7) is 0. The number of thiocarbonyl (C=S) groups is 1. The zero-order valence-corrected chi connectivity index (χ0v) is 9.32. The summed E-state index contributed by atoms with van der Waals surface area (Å²) in [4.78, 5) is 0. The van der Waals surface area contributed by atoms with Gasteiger partial charge >= 0.3 is 5.96 Å². The van der Waals surface area contributed by atoms with Crippen molar-refractivity contribution in [2.24, 2.45) is 11.5 Å². The minimum Gasteiger partial charge on any atom is -0.331 e. The number of guanidine groups is 1. The van der Waals surface area contributed by atoms with Crippen LogP contribution in [0, 0.1) is 0 Å². The molecule has 0 aliphatic rings. The molecule has 0 fully saturated rings. The Kier molecular flexibility index (Phi) is 4.14. The average Bonchev–Trinajstić information content (AvgIpc) is 2.19. The van der Waals surface area contributed by atoms with Gasteiger partial charge in [0.05, 0.1) is 0 Å². The number of hydrazine groups is 1. The number of anilines is 1. The van der Waals surface area contributed by atoms with E-state index in [1.165, 1.54) is 0 Å². The van der Waals surface area contributed by atoms with Crippen molar-refractivity contribution in [3.63, 3.8) is 0 Å². The quantitative estimate of drug-likeness (QED) is 0.197. The molecular weight excluding hydrogens is 234 g/mol. The summed E-state index contributed by atoms with van der Waals surface area (Å²) in [5.74, 6) is 0.0373. The van der Waals surface area contributed by atoms with Crippen LogP contribution in [0.1, 0.15) is 0 Å². The highest BCUT2D eigenvalue weighted by atomic mass is 35.5. The Bertz CT molecular complexity index is 371. The highest BCUT2D eigenvalue weighted by Gasteiger charge is 1.96. The fourth-order valence-electron chi connectivity index (χ4n) is 0.825. The third-order valence-electron chi connectivity index (χ3n) is 1.42. The highest BCUT2D eigenvalue weighted by molar-refractivity contribution is 7.80. The van der Waals surface area contributed by atoms with Crippen LogP contribution in [0.3, 0.4) is 0 Å². The minimum atomic E-state index is 0.0373. The molecule has 7 heteroatoms. The minimum absolute atomic E-state index is 0.0373. The Balaban J connectivity index is 2.51. The number of hydrogen-bond acceptors (Lipinski definition) is 1. The first-order chi connectivity index (χ1) is 7.08. The van der Waals surface area contributed by atoms with Gasteiger partial charge in [-0.15, -0.1) is 0 Å². The molecule has 0 aliphatic carbocycles. The van der Waals surface area contributed by atoms with Gasteiger partial charge < -0.3 is 5.32 Å². The second-order valence-electron chi connectivity index (χ2n) is 2.67. The second kappa shape index (κ2) is 5.38. The van der Waals surface area contributed by atoms with Crippen LogP contribution in [0.2, 0.25) is 5.02 Å². The third kappa shape index (κ3) is 4.48. The molecule has 0 radical (unpaired) electrons. The Labute approximate surface area is 97.5 Å². The summed E-state index contributed by atoms with van der Waals surface area (Å²) in [7, 11) is 0. The number of benzene rings is 1. The first-order valence-corrected chi connectivity index (χ1v) is 4.83. The monoisotopic (exact) mass is 244 g/mol. The van der Waals surface area contributed by atoms with Crippen LogP contribution in [0.5, 0.6) is 0 Å². The predicted molar refractivity (Wildman–Crippen MR) is 65.2 cm³/mol. The summed E-state index contributed by atoms with van der Waals surface area (Å²) in [5.41, 5.74) is 13.7. The van der Waals surface area contributed by atoms with Gasteiger partial charge in [-0.3, -0.25) is 11.5 Å². The van der Waals surface area contributed by atoms with Gasteiger partial charge in [-0.1, -0.05) is 11.6 Å². The number of rotatable bonds is 2. The summed E-state index contributed by atoms with van der Waals surface area (Å²) in [5, 5.41) is 6.39. The van der Waals surface area contributed by atoms with E-state index in [2.05, 4.69) is 15.8 Å².